The zero-order valence-electron chi connectivity index (χ0n) is 12.1. The summed E-state index contributed by atoms with van der Waals surface area (Å²) in [7, 11) is 0. The Hall–Kier alpha value is -0.840. The topological polar surface area (TPSA) is 26.3 Å². The minimum Gasteiger partial charge on any atom is -0.466 e. The van der Waals surface area contributed by atoms with E-state index in [-0.39, 0.29) is 5.97 Å². The van der Waals surface area contributed by atoms with E-state index in [1.165, 1.54) is 11.1 Å². The quantitative estimate of drug-likeness (QED) is 0.333. The van der Waals surface area contributed by atoms with Crippen LogP contribution in [-0.4, -0.2) is 12.6 Å². The molecule has 3 heteroatoms. The number of carbonyl (C=O) groups is 1. The van der Waals surface area contributed by atoms with E-state index in [1.54, 1.807) is 0 Å². The maximum Gasteiger partial charge on any atom is 0.305 e. The van der Waals surface area contributed by atoms with Crippen molar-refractivity contribution in [1.82, 2.24) is 0 Å². The van der Waals surface area contributed by atoms with Gasteiger partial charge in [-0.1, -0.05) is 60.2 Å². The zero-order chi connectivity index (χ0) is 14.6. The highest BCUT2D eigenvalue weighted by molar-refractivity contribution is 14.1. The van der Waals surface area contributed by atoms with Gasteiger partial charge >= 0.3 is 5.97 Å². The van der Waals surface area contributed by atoms with E-state index in [0.717, 1.165) is 32.1 Å². The molecule has 0 N–H and O–H groups in total. The van der Waals surface area contributed by atoms with Gasteiger partial charge < -0.3 is 4.74 Å². The molecule has 20 heavy (non-hydrogen) atoms. The highest BCUT2D eigenvalue weighted by atomic mass is 127. The van der Waals surface area contributed by atoms with Crippen molar-refractivity contribution in [3.8, 4) is 0 Å². The smallest absolute Gasteiger partial charge is 0.305 e. The Labute approximate surface area is 135 Å². The van der Waals surface area contributed by atoms with Crippen LogP contribution in [0.2, 0.25) is 0 Å². The number of unbranched alkanes of at least 4 members (excludes halogenated alkanes) is 2. The number of hydrogen-bond donors (Lipinski definition) is 0. The number of ether oxygens (including phenoxy) is 1. The Kier molecular flexibility index (Phi) is 9.37. The zero-order valence-corrected chi connectivity index (χ0v) is 14.3. The SMILES string of the molecule is CCCOC(=O)CCCCCc1ccccc1/C=C/I. The third-order valence-corrected chi connectivity index (χ3v) is 3.45. The van der Waals surface area contributed by atoms with Crippen LogP contribution in [-0.2, 0) is 16.0 Å². The van der Waals surface area contributed by atoms with Gasteiger partial charge in [0.05, 0.1) is 6.61 Å². The standard InChI is InChI=1S/C17H23IO2/c1-2-14-20-17(19)11-5-3-4-8-15-9-6-7-10-16(15)12-13-18/h6-7,9-10,12-13H,2-5,8,11,14H2,1H3/b13-12+. The van der Waals surface area contributed by atoms with Crippen molar-refractivity contribution < 1.29 is 9.53 Å². The molecule has 1 aromatic rings. The van der Waals surface area contributed by atoms with Gasteiger partial charge in [0.25, 0.3) is 0 Å². The summed E-state index contributed by atoms with van der Waals surface area (Å²) in [5, 5.41) is 0. The van der Waals surface area contributed by atoms with Crippen molar-refractivity contribution in [3.05, 3.63) is 39.5 Å². The van der Waals surface area contributed by atoms with Gasteiger partial charge in [0.1, 0.15) is 0 Å². The molecule has 0 saturated carbocycles. The lowest BCUT2D eigenvalue weighted by Crippen LogP contribution is -2.04. The summed E-state index contributed by atoms with van der Waals surface area (Å²) in [5.74, 6) is -0.0555. The summed E-state index contributed by atoms with van der Waals surface area (Å²) in [6.45, 7) is 2.56. The molecule has 0 radical (unpaired) electrons. The van der Waals surface area contributed by atoms with Gasteiger partial charge in [-0.25, -0.2) is 0 Å². The molecular formula is C17H23IO2. The molecule has 0 aliphatic rings. The van der Waals surface area contributed by atoms with Crippen LogP contribution in [0.25, 0.3) is 6.08 Å². The highest BCUT2D eigenvalue weighted by Gasteiger charge is 2.02. The monoisotopic (exact) mass is 386 g/mol. The van der Waals surface area contributed by atoms with Crippen molar-refractivity contribution in [2.75, 3.05) is 6.61 Å². The van der Waals surface area contributed by atoms with Crippen LogP contribution in [0.5, 0.6) is 0 Å². The average Bonchev–Trinajstić information content (AvgIpc) is 2.46. The molecule has 1 rings (SSSR count). The second kappa shape index (κ2) is 10.9. The van der Waals surface area contributed by atoms with Crippen molar-refractivity contribution in [1.29, 1.82) is 0 Å². The largest absolute Gasteiger partial charge is 0.466 e. The van der Waals surface area contributed by atoms with Gasteiger partial charge in [-0.3, -0.25) is 4.79 Å². The Morgan fingerprint density at radius 1 is 1.25 bits per heavy atom. The molecule has 110 valence electrons. The van der Waals surface area contributed by atoms with Gasteiger partial charge in [-0.2, -0.15) is 0 Å². The maximum atomic E-state index is 11.3. The first-order valence-corrected chi connectivity index (χ1v) is 8.52. The summed E-state index contributed by atoms with van der Waals surface area (Å²) in [4.78, 5) is 11.3. The normalized spacial score (nSPS) is 10.9. The molecular weight excluding hydrogens is 363 g/mol. The molecule has 0 unspecified atom stereocenters. The summed E-state index contributed by atoms with van der Waals surface area (Å²) in [6.07, 6.45) is 7.77. The van der Waals surface area contributed by atoms with E-state index < -0.39 is 0 Å². The molecule has 0 aliphatic carbocycles. The van der Waals surface area contributed by atoms with E-state index >= 15 is 0 Å². The number of rotatable bonds is 9. The van der Waals surface area contributed by atoms with Crippen molar-refractivity contribution in [2.24, 2.45) is 0 Å². The first kappa shape index (κ1) is 17.2. The molecule has 0 fully saturated rings. The average molecular weight is 386 g/mol. The second-order valence-electron chi connectivity index (χ2n) is 4.77. The molecule has 0 amide bonds. The van der Waals surface area contributed by atoms with Crippen molar-refractivity contribution in [2.45, 2.75) is 45.4 Å². The Bertz CT molecular complexity index is 427. The van der Waals surface area contributed by atoms with Crippen LogP contribution >= 0.6 is 22.6 Å². The van der Waals surface area contributed by atoms with E-state index in [9.17, 15) is 4.79 Å². The fourth-order valence-corrected chi connectivity index (χ4v) is 2.43. The minimum absolute atomic E-state index is 0.0555. The molecule has 0 aromatic heterocycles. The first-order valence-electron chi connectivity index (χ1n) is 7.28. The molecule has 0 heterocycles. The summed E-state index contributed by atoms with van der Waals surface area (Å²) in [5.41, 5.74) is 2.68. The predicted octanol–water partition coefficient (Wildman–Crippen LogP) is 5.15. The molecule has 2 nitrogen and oxygen atoms in total. The van der Waals surface area contributed by atoms with Crippen LogP contribution in [0.15, 0.2) is 28.3 Å². The van der Waals surface area contributed by atoms with E-state index in [4.69, 9.17) is 4.74 Å². The van der Waals surface area contributed by atoms with Crippen LogP contribution in [0.3, 0.4) is 0 Å². The number of hydrogen-bond acceptors (Lipinski definition) is 2. The number of carbonyl (C=O) groups excluding carboxylic acids is 1. The lowest BCUT2D eigenvalue weighted by atomic mass is 10.0. The molecule has 0 saturated heterocycles. The predicted molar refractivity (Wildman–Crippen MR) is 92.9 cm³/mol. The molecule has 1 aromatic carbocycles. The van der Waals surface area contributed by atoms with E-state index in [0.29, 0.717) is 13.0 Å². The van der Waals surface area contributed by atoms with Gasteiger partial charge in [0.15, 0.2) is 0 Å². The van der Waals surface area contributed by atoms with Gasteiger partial charge in [-0.15, -0.1) is 0 Å². The van der Waals surface area contributed by atoms with Gasteiger partial charge in [0, 0.05) is 6.42 Å². The number of aryl methyl sites for hydroxylation is 1. The third kappa shape index (κ3) is 7.08. The Balaban J connectivity index is 2.23. The lowest BCUT2D eigenvalue weighted by molar-refractivity contribution is -0.143. The lowest BCUT2D eigenvalue weighted by Gasteiger charge is -2.06. The van der Waals surface area contributed by atoms with Crippen LogP contribution in [0, 0.1) is 0 Å². The number of esters is 1. The van der Waals surface area contributed by atoms with E-state index in [1.807, 2.05) is 11.0 Å². The van der Waals surface area contributed by atoms with Gasteiger partial charge in [-0.05, 0) is 47.0 Å². The fourth-order valence-electron chi connectivity index (χ4n) is 2.04. The summed E-state index contributed by atoms with van der Waals surface area (Å²) < 4.78 is 7.10. The third-order valence-electron chi connectivity index (χ3n) is 3.09. The number of benzene rings is 1. The van der Waals surface area contributed by atoms with Crippen LogP contribution < -0.4 is 0 Å². The van der Waals surface area contributed by atoms with Gasteiger partial charge in [0.2, 0.25) is 0 Å². The molecule has 0 spiro atoms. The Morgan fingerprint density at radius 3 is 2.80 bits per heavy atom. The Morgan fingerprint density at radius 2 is 2.05 bits per heavy atom. The molecule has 0 bridgehead atoms. The minimum atomic E-state index is -0.0555. The summed E-state index contributed by atoms with van der Waals surface area (Å²) >= 11 is 2.24. The highest BCUT2D eigenvalue weighted by Crippen LogP contribution is 2.15. The van der Waals surface area contributed by atoms with E-state index in [2.05, 4.69) is 52.9 Å². The number of halogens is 1. The van der Waals surface area contributed by atoms with Crippen LogP contribution in [0.1, 0.15) is 50.2 Å². The van der Waals surface area contributed by atoms with Crippen molar-refractivity contribution in [3.63, 3.8) is 0 Å². The summed E-state index contributed by atoms with van der Waals surface area (Å²) in [6, 6.07) is 8.48. The van der Waals surface area contributed by atoms with Crippen LogP contribution in [0.4, 0.5) is 0 Å². The van der Waals surface area contributed by atoms with Crippen molar-refractivity contribution >= 4 is 34.6 Å². The molecule has 0 aliphatic heterocycles. The fraction of sp³-hybridized carbons (Fsp3) is 0.471. The molecule has 0 atom stereocenters. The second-order valence-corrected chi connectivity index (χ2v) is 5.49. The first-order chi connectivity index (χ1) is 9.77. The maximum absolute atomic E-state index is 11.3.